The van der Waals surface area contributed by atoms with Gasteiger partial charge in [-0.2, -0.15) is 0 Å². The van der Waals surface area contributed by atoms with Crippen molar-refractivity contribution in [3.63, 3.8) is 0 Å². The summed E-state index contributed by atoms with van der Waals surface area (Å²) in [6.07, 6.45) is 0. The molecule has 9 heteroatoms. The number of halogens is 1. The molecule has 1 heterocycles. The number of carbonyl (C=O) groups excluding carboxylic acids is 2. The van der Waals surface area contributed by atoms with Crippen LogP contribution in [0.2, 0.25) is 0 Å². The molecule has 36 heavy (non-hydrogen) atoms. The minimum Gasteiger partial charge on any atom is -0.493 e. The van der Waals surface area contributed by atoms with Gasteiger partial charge in [-0.15, -0.1) is 0 Å². The third kappa shape index (κ3) is 4.39. The summed E-state index contributed by atoms with van der Waals surface area (Å²) in [6, 6.07) is 13.3. The second-order valence-electron chi connectivity index (χ2n) is 8.24. The van der Waals surface area contributed by atoms with Crippen LogP contribution in [0.4, 0.5) is 10.1 Å². The Morgan fingerprint density at radius 1 is 0.833 bits per heavy atom. The molecule has 0 fully saturated rings. The van der Waals surface area contributed by atoms with Crippen molar-refractivity contribution in [1.82, 2.24) is 4.90 Å². The van der Waals surface area contributed by atoms with Gasteiger partial charge in [0.15, 0.2) is 23.0 Å². The van der Waals surface area contributed by atoms with Crippen LogP contribution in [-0.4, -0.2) is 52.2 Å². The average molecular weight is 495 g/mol. The molecule has 3 aromatic carbocycles. The molecule has 4 rings (SSSR count). The van der Waals surface area contributed by atoms with E-state index < -0.39 is 17.8 Å². The molecular formula is C27H27FN2O6. The molecule has 1 aliphatic rings. The Labute approximate surface area is 208 Å². The minimum atomic E-state index is -0.842. The van der Waals surface area contributed by atoms with E-state index in [1.165, 1.54) is 57.6 Å². The molecule has 2 amide bonds. The van der Waals surface area contributed by atoms with E-state index in [2.05, 4.69) is 5.32 Å². The van der Waals surface area contributed by atoms with Crippen molar-refractivity contribution in [2.24, 2.45) is 0 Å². The summed E-state index contributed by atoms with van der Waals surface area (Å²) in [7, 11) is 7.65. The van der Waals surface area contributed by atoms with Crippen LogP contribution in [0.25, 0.3) is 0 Å². The number of fused-ring (bicyclic) bond motifs is 1. The normalized spacial score (nSPS) is 16.7. The molecule has 188 valence electrons. The number of nitrogens with zero attached hydrogens (tertiary/aromatic N) is 1. The summed E-state index contributed by atoms with van der Waals surface area (Å²) in [5, 5.41) is 2.86. The van der Waals surface area contributed by atoms with E-state index in [1.807, 2.05) is 0 Å². The zero-order chi connectivity index (χ0) is 26.0. The van der Waals surface area contributed by atoms with E-state index >= 15 is 0 Å². The Kier molecular flexibility index (Phi) is 7.00. The first kappa shape index (κ1) is 24.8. The van der Waals surface area contributed by atoms with Crippen LogP contribution in [-0.2, 0) is 4.79 Å². The van der Waals surface area contributed by atoms with Crippen molar-refractivity contribution in [3.8, 4) is 23.0 Å². The first-order chi connectivity index (χ1) is 17.3. The molecule has 0 saturated heterocycles. The molecule has 0 spiro atoms. The highest BCUT2D eigenvalue weighted by Gasteiger charge is 2.44. The van der Waals surface area contributed by atoms with Gasteiger partial charge in [0.05, 0.1) is 40.4 Å². The van der Waals surface area contributed by atoms with E-state index in [1.54, 1.807) is 37.4 Å². The zero-order valence-electron chi connectivity index (χ0n) is 20.6. The molecule has 3 aromatic rings. The van der Waals surface area contributed by atoms with Gasteiger partial charge < -0.3 is 29.2 Å². The van der Waals surface area contributed by atoms with Gasteiger partial charge >= 0.3 is 0 Å². The lowest BCUT2D eigenvalue weighted by Gasteiger charge is -2.40. The minimum absolute atomic E-state index is 0.281. The van der Waals surface area contributed by atoms with Gasteiger partial charge in [-0.25, -0.2) is 4.39 Å². The summed E-state index contributed by atoms with van der Waals surface area (Å²) in [5.41, 5.74) is 1.90. The average Bonchev–Trinajstić information content (AvgIpc) is 2.90. The first-order valence-electron chi connectivity index (χ1n) is 11.1. The quantitative estimate of drug-likeness (QED) is 0.524. The third-order valence-electron chi connectivity index (χ3n) is 6.32. The van der Waals surface area contributed by atoms with E-state index in [9.17, 15) is 14.0 Å². The topological polar surface area (TPSA) is 86.3 Å². The van der Waals surface area contributed by atoms with Crippen molar-refractivity contribution in [2.75, 3.05) is 40.8 Å². The van der Waals surface area contributed by atoms with Gasteiger partial charge in [0.25, 0.3) is 5.91 Å². The zero-order valence-corrected chi connectivity index (χ0v) is 20.6. The Hall–Kier alpha value is -4.27. The highest BCUT2D eigenvalue weighted by molar-refractivity contribution is 6.05. The number of anilines is 1. The fourth-order valence-electron chi connectivity index (χ4n) is 4.54. The van der Waals surface area contributed by atoms with E-state index in [4.69, 9.17) is 18.9 Å². The van der Waals surface area contributed by atoms with Crippen molar-refractivity contribution in [2.45, 2.75) is 12.0 Å². The predicted molar refractivity (Wildman–Crippen MR) is 132 cm³/mol. The predicted octanol–water partition coefficient (Wildman–Crippen LogP) is 4.41. The van der Waals surface area contributed by atoms with Gasteiger partial charge in [-0.1, -0.05) is 6.07 Å². The summed E-state index contributed by atoms with van der Waals surface area (Å²) in [6.45, 7) is 0. The maximum Gasteiger partial charge on any atom is 0.254 e. The van der Waals surface area contributed by atoms with Gasteiger partial charge in [0.2, 0.25) is 5.91 Å². The van der Waals surface area contributed by atoms with Crippen LogP contribution in [0.5, 0.6) is 23.0 Å². The van der Waals surface area contributed by atoms with Crippen LogP contribution in [0.3, 0.4) is 0 Å². The monoisotopic (exact) mass is 494 g/mol. The molecule has 0 unspecified atom stereocenters. The van der Waals surface area contributed by atoms with Crippen molar-refractivity contribution < 1.29 is 32.9 Å². The maximum absolute atomic E-state index is 13.8. The summed E-state index contributed by atoms with van der Waals surface area (Å²) in [4.78, 5) is 28.8. The molecule has 0 saturated carbocycles. The third-order valence-corrected chi connectivity index (χ3v) is 6.32. The molecule has 1 N–H and O–H groups in total. The smallest absolute Gasteiger partial charge is 0.254 e. The Balaban J connectivity index is 1.89. The summed E-state index contributed by atoms with van der Waals surface area (Å²) < 4.78 is 35.1. The number of methoxy groups -OCH3 is 4. The lowest BCUT2D eigenvalue weighted by molar-refractivity contribution is -0.119. The van der Waals surface area contributed by atoms with Crippen LogP contribution in [0.1, 0.15) is 33.4 Å². The second-order valence-corrected chi connectivity index (χ2v) is 8.24. The summed E-state index contributed by atoms with van der Waals surface area (Å²) in [5.74, 6) is -0.172. The number of hydrogen-bond acceptors (Lipinski definition) is 6. The summed E-state index contributed by atoms with van der Waals surface area (Å²) >= 11 is 0. The SMILES string of the molecule is COc1ccc([C@H]2[C@H](C(=O)Nc3ccc(F)cc3)c3cc(OC)c(OC)cc3C(=O)N2C)cc1OC. The van der Waals surface area contributed by atoms with Crippen molar-refractivity contribution in [3.05, 3.63) is 77.1 Å². The van der Waals surface area contributed by atoms with Crippen LogP contribution in [0.15, 0.2) is 54.6 Å². The molecule has 0 aliphatic carbocycles. The molecule has 0 bridgehead atoms. The van der Waals surface area contributed by atoms with Gasteiger partial charge in [-0.3, -0.25) is 9.59 Å². The van der Waals surface area contributed by atoms with E-state index in [0.29, 0.717) is 45.4 Å². The molecule has 8 nitrogen and oxygen atoms in total. The van der Waals surface area contributed by atoms with Crippen molar-refractivity contribution in [1.29, 1.82) is 0 Å². The molecule has 0 aromatic heterocycles. The number of ether oxygens (including phenoxy) is 4. The molecular weight excluding hydrogens is 467 g/mol. The maximum atomic E-state index is 13.8. The fourth-order valence-corrected chi connectivity index (χ4v) is 4.54. The number of likely N-dealkylation sites (N-methyl/N-ethyl adjacent to an activating group) is 1. The lowest BCUT2D eigenvalue weighted by atomic mass is 9.79. The standard InChI is InChI=1S/C27H27FN2O6/c1-30-25(15-6-11-20(33-2)21(12-15)34-3)24(26(31)29-17-9-7-16(28)8-10-17)18-13-22(35-4)23(36-5)14-19(18)27(30)32/h6-14,24-25H,1-5H3,(H,29,31)/t24-,25+/m1/s1. The number of rotatable bonds is 7. The fraction of sp³-hybridized carbons (Fsp3) is 0.259. The Morgan fingerprint density at radius 2 is 1.42 bits per heavy atom. The lowest BCUT2D eigenvalue weighted by Crippen LogP contribution is -2.44. The number of carbonyl (C=O) groups is 2. The van der Waals surface area contributed by atoms with E-state index in [-0.39, 0.29) is 11.8 Å². The van der Waals surface area contributed by atoms with Crippen LogP contribution in [0, 0.1) is 5.82 Å². The number of amides is 2. The highest BCUT2D eigenvalue weighted by Crippen LogP contribution is 2.47. The first-order valence-corrected chi connectivity index (χ1v) is 11.1. The highest BCUT2D eigenvalue weighted by atomic mass is 19.1. The molecule has 1 aliphatic heterocycles. The van der Waals surface area contributed by atoms with Crippen LogP contribution < -0.4 is 24.3 Å². The van der Waals surface area contributed by atoms with Gasteiger partial charge in [0, 0.05) is 18.3 Å². The van der Waals surface area contributed by atoms with Crippen molar-refractivity contribution >= 4 is 17.5 Å². The number of hydrogen-bond donors (Lipinski definition) is 1. The van der Waals surface area contributed by atoms with Gasteiger partial charge in [0.1, 0.15) is 5.82 Å². The Bertz CT molecular complexity index is 1290. The van der Waals surface area contributed by atoms with Gasteiger partial charge in [-0.05, 0) is 59.7 Å². The van der Waals surface area contributed by atoms with Crippen LogP contribution >= 0.6 is 0 Å². The largest absolute Gasteiger partial charge is 0.493 e. The van der Waals surface area contributed by atoms with E-state index in [0.717, 1.165) is 0 Å². The second kappa shape index (κ2) is 10.2. The number of nitrogens with one attached hydrogen (secondary N) is 1. The molecule has 2 atom stereocenters. The molecule has 0 radical (unpaired) electrons. The number of benzene rings is 3. The Morgan fingerprint density at radius 3 is 2.03 bits per heavy atom.